The van der Waals surface area contributed by atoms with Gasteiger partial charge in [-0.25, -0.2) is 9.18 Å². The van der Waals surface area contributed by atoms with Crippen molar-refractivity contribution in [2.24, 2.45) is 0 Å². The maximum atomic E-state index is 15.0. The average molecular weight is 496 g/mol. The Labute approximate surface area is 204 Å². The summed E-state index contributed by atoms with van der Waals surface area (Å²) in [5.74, 6) is -0.610. The lowest BCUT2D eigenvalue weighted by Crippen LogP contribution is -2.42. The van der Waals surface area contributed by atoms with Crippen LogP contribution in [0.1, 0.15) is 38.3 Å². The van der Waals surface area contributed by atoms with Crippen LogP contribution in [0.25, 0.3) is 0 Å². The minimum Gasteiger partial charge on any atom is -0.436 e. The molecule has 2 aliphatic rings. The van der Waals surface area contributed by atoms with Crippen molar-refractivity contribution >= 4 is 41.4 Å². The van der Waals surface area contributed by atoms with E-state index >= 15 is 0 Å². The van der Waals surface area contributed by atoms with Gasteiger partial charge in [0.2, 0.25) is 0 Å². The Hall–Kier alpha value is -4.05. The number of anilines is 2. The Bertz CT molecular complexity index is 1340. The van der Waals surface area contributed by atoms with E-state index in [0.29, 0.717) is 30.0 Å². The van der Waals surface area contributed by atoms with Gasteiger partial charge < -0.3 is 15.0 Å². The van der Waals surface area contributed by atoms with Crippen LogP contribution in [0, 0.1) is 5.82 Å². The maximum Gasteiger partial charge on any atom is 0.412 e. The van der Waals surface area contributed by atoms with Gasteiger partial charge in [0.1, 0.15) is 6.29 Å². The second kappa shape index (κ2) is 8.95. The van der Waals surface area contributed by atoms with Crippen molar-refractivity contribution in [1.82, 2.24) is 15.5 Å². The SMILES string of the molecule is O=Cc1ccc(CNC(=O)c2cnnc(N3CC[C@]4(C3)OC(=O)Nc3ccc(Cl)c(F)c34)c2)cc1. The molecule has 0 radical (unpaired) electrons. The smallest absolute Gasteiger partial charge is 0.412 e. The normalized spacial score (nSPS) is 18.6. The third kappa shape index (κ3) is 4.28. The number of fused-ring (bicyclic) bond motifs is 2. The highest BCUT2D eigenvalue weighted by molar-refractivity contribution is 6.31. The highest BCUT2D eigenvalue weighted by atomic mass is 35.5. The number of benzene rings is 2. The number of amides is 2. The molecule has 2 aliphatic heterocycles. The Kier molecular flexibility index (Phi) is 5.81. The summed E-state index contributed by atoms with van der Waals surface area (Å²) in [6.45, 7) is 0.775. The van der Waals surface area contributed by atoms with Crippen molar-refractivity contribution in [2.75, 3.05) is 23.3 Å². The van der Waals surface area contributed by atoms with Crippen LogP contribution in [0.5, 0.6) is 0 Å². The van der Waals surface area contributed by atoms with E-state index < -0.39 is 17.5 Å². The number of rotatable bonds is 5. The number of aromatic nitrogens is 2. The van der Waals surface area contributed by atoms with Gasteiger partial charge in [-0.3, -0.25) is 14.9 Å². The standard InChI is InChI=1S/C24H19ClFN5O4/c25-17-5-6-18-20(21(17)26)24(35-23(34)29-18)7-8-31(13-24)19-9-16(11-28-30-19)22(33)27-10-14-1-3-15(12-32)4-2-14/h1-6,9,11-12H,7-8,10,13H2,(H,27,33)(H,29,34)/t24-/m1/s1. The van der Waals surface area contributed by atoms with Crippen molar-refractivity contribution in [3.05, 3.63) is 81.8 Å². The van der Waals surface area contributed by atoms with Gasteiger partial charge in [-0.1, -0.05) is 35.9 Å². The fourth-order valence-corrected chi connectivity index (χ4v) is 4.52. The van der Waals surface area contributed by atoms with E-state index in [0.717, 1.165) is 11.8 Å². The Morgan fingerprint density at radius 1 is 1.29 bits per heavy atom. The zero-order valence-corrected chi connectivity index (χ0v) is 19.0. The van der Waals surface area contributed by atoms with E-state index in [1.165, 1.54) is 12.3 Å². The average Bonchev–Trinajstić information content (AvgIpc) is 3.28. The van der Waals surface area contributed by atoms with E-state index in [2.05, 4.69) is 20.8 Å². The minimum absolute atomic E-state index is 0.0689. The molecule has 2 N–H and O–H groups in total. The molecule has 2 amide bonds. The quantitative estimate of drug-likeness (QED) is 0.519. The summed E-state index contributed by atoms with van der Waals surface area (Å²) in [6.07, 6.45) is 1.72. The fraction of sp³-hybridized carbons (Fsp3) is 0.208. The molecule has 178 valence electrons. The summed E-state index contributed by atoms with van der Waals surface area (Å²) in [5, 5.41) is 13.3. The lowest BCUT2D eigenvalue weighted by molar-refractivity contribution is 0.0263. The van der Waals surface area contributed by atoms with Crippen molar-refractivity contribution in [3.63, 3.8) is 0 Å². The molecule has 0 aliphatic carbocycles. The van der Waals surface area contributed by atoms with E-state index in [4.69, 9.17) is 16.3 Å². The Balaban J connectivity index is 1.34. The predicted octanol–water partition coefficient (Wildman–Crippen LogP) is 3.68. The fourth-order valence-electron chi connectivity index (χ4n) is 4.36. The molecule has 1 saturated heterocycles. The first-order chi connectivity index (χ1) is 16.9. The molecule has 0 bridgehead atoms. The zero-order valence-electron chi connectivity index (χ0n) is 18.3. The lowest BCUT2D eigenvalue weighted by atomic mass is 9.89. The number of hydrogen-bond donors (Lipinski definition) is 2. The van der Waals surface area contributed by atoms with E-state index in [1.807, 2.05) is 0 Å². The molecule has 0 saturated carbocycles. The third-order valence-corrected chi connectivity index (χ3v) is 6.40. The molecule has 1 spiro atoms. The van der Waals surface area contributed by atoms with Gasteiger partial charge in [-0.2, -0.15) is 5.10 Å². The van der Waals surface area contributed by atoms with Gasteiger partial charge in [0.15, 0.2) is 17.2 Å². The molecule has 3 aromatic rings. The first kappa shape index (κ1) is 22.7. The van der Waals surface area contributed by atoms with Crippen molar-refractivity contribution in [3.8, 4) is 0 Å². The number of nitrogens with one attached hydrogen (secondary N) is 2. The second-order valence-corrected chi connectivity index (χ2v) is 8.72. The summed E-state index contributed by atoms with van der Waals surface area (Å²) in [7, 11) is 0. The van der Waals surface area contributed by atoms with Gasteiger partial charge in [0.05, 0.1) is 34.6 Å². The highest BCUT2D eigenvalue weighted by Crippen LogP contribution is 2.46. The van der Waals surface area contributed by atoms with Crippen LogP contribution < -0.4 is 15.5 Å². The van der Waals surface area contributed by atoms with Gasteiger partial charge in [0.25, 0.3) is 5.91 Å². The van der Waals surface area contributed by atoms with Crippen LogP contribution in [0.2, 0.25) is 5.02 Å². The second-order valence-electron chi connectivity index (χ2n) is 8.31. The number of aldehydes is 1. The van der Waals surface area contributed by atoms with Crippen molar-refractivity contribution < 1.29 is 23.5 Å². The summed E-state index contributed by atoms with van der Waals surface area (Å²) in [5.41, 5.74) is 0.924. The highest BCUT2D eigenvalue weighted by Gasteiger charge is 2.50. The van der Waals surface area contributed by atoms with Gasteiger partial charge in [0, 0.05) is 25.1 Å². The number of hydrogen-bond acceptors (Lipinski definition) is 7. The molecule has 1 aromatic heterocycles. The van der Waals surface area contributed by atoms with Gasteiger partial charge >= 0.3 is 6.09 Å². The van der Waals surface area contributed by atoms with Gasteiger partial charge in [-0.15, -0.1) is 5.10 Å². The Morgan fingerprint density at radius 2 is 2.09 bits per heavy atom. The maximum absolute atomic E-state index is 15.0. The summed E-state index contributed by atoms with van der Waals surface area (Å²) < 4.78 is 20.6. The molecule has 5 rings (SSSR count). The number of halogens is 2. The molecule has 0 unspecified atom stereocenters. The minimum atomic E-state index is -1.25. The predicted molar refractivity (Wildman–Crippen MR) is 125 cm³/mol. The van der Waals surface area contributed by atoms with Crippen LogP contribution in [0.4, 0.5) is 20.7 Å². The molecule has 9 nitrogen and oxygen atoms in total. The number of carbonyl (C=O) groups is 3. The van der Waals surface area contributed by atoms with E-state index in [9.17, 15) is 18.8 Å². The molecular weight excluding hydrogens is 477 g/mol. The Morgan fingerprint density at radius 3 is 2.86 bits per heavy atom. The van der Waals surface area contributed by atoms with Crippen LogP contribution in [-0.2, 0) is 16.9 Å². The number of carbonyl (C=O) groups excluding carboxylic acids is 3. The first-order valence-corrected chi connectivity index (χ1v) is 11.1. The van der Waals surface area contributed by atoms with Gasteiger partial charge in [-0.05, 0) is 23.8 Å². The molecule has 1 fully saturated rings. The molecule has 35 heavy (non-hydrogen) atoms. The molecular formula is C24H19ClFN5O4. The van der Waals surface area contributed by atoms with E-state index in [-0.39, 0.29) is 35.1 Å². The summed E-state index contributed by atoms with van der Waals surface area (Å²) in [6, 6.07) is 11.4. The monoisotopic (exact) mass is 495 g/mol. The zero-order chi connectivity index (χ0) is 24.6. The lowest BCUT2D eigenvalue weighted by Gasteiger charge is -2.35. The van der Waals surface area contributed by atoms with E-state index in [1.54, 1.807) is 41.3 Å². The van der Waals surface area contributed by atoms with Crippen LogP contribution >= 0.6 is 11.6 Å². The van der Waals surface area contributed by atoms with Crippen molar-refractivity contribution in [2.45, 2.75) is 18.6 Å². The van der Waals surface area contributed by atoms with Crippen LogP contribution in [0.3, 0.4) is 0 Å². The summed E-state index contributed by atoms with van der Waals surface area (Å²) >= 11 is 6.00. The first-order valence-electron chi connectivity index (χ1n) is 10.8. The summed E-state index contributed by atoms with van der Waals surface area (Å²) in [4.78, 5) is 37.4. The largest absolute Gasteiger partial charge is 0.436 e. The molecule has 11 heteroatoms. The molecule has 1 atom stereocenters. The molecule has 2 aromatic carbocycles. The van der Waals surface area contributed by atoms with Crippen molar-refractivity contribution in [1.29, 1.82) is 0 Å². The van der Waals surface area contributed by atoms with Crippen LogP contribution in [-0.4, -0.2) is 41.6 Å². The van der Waals surface area contributed by atoms with Crippen LogP contribution in [0.15, 0.2) is 48.7 Å². The number of ether oxygens (including phenoxy) is 1. The topological polar surface area (TPSA) is 114 Å². The number of nitrogens with zero attached hydrogens (tertiary/aromatic N) is 3. The molecule has 3 heterocycles. The third-order valence-electron chi connectivity index (χ3n) is 6.10.